The van der Waals surface area contributed by atoms with Gasteiger partial charge in [-0.3, -0.25) is 0 Å². The van der Waals surface area contributed by atoms with Crippen molar-refractivity contribution >= 4 is 17.6 Å². The molecular weight excluding hydrogens is 178 g/mol. The topological polar surface area (TPSA) is 39.2 Å². The van der Waals surface area contributed by atoms with Gasteiger partial charge in [-0.05, 0) is 18.6 Å². The average Bonchev–Trinajstić information content (AvgIpc) is 2.08. The highest BCUT2D eigenvalue weighted by Gasteiger charge is 2.09. The molecule has 0 aliphatic rings. The summed E-state index contributed by atoms with van der Waals surface area (Å²) in [6.07, 6.45) is 1.54. The van der Waals surface area contributed by atoms with Crippen molar-refractivity contribution in [1.82, 2.24) is 4.98 Å². The largest absolute Gasteiger partial charge is 0.465 e. The Morgan fingerprint density at radius 1 is 1.67 bits per heavy atom. The minimum Gasteiger partial charge on any atom is -0.465 e. The average molecular weight is 186 g/mol. The van der Waals surface area contributed by atoms with Crippen LogP contribution in [-0.4, -0.2) is 18.1 Å². The molecule has 4 heteroatoms. The lowest BCUT2D eigenvalue weighted by molar-refractivity contribution is 0.0600. The van der Waals surface area contributed by atoms with E-state index in [-0.39, 0.29) is 0 Å². The zero-order valence-corrected chi connectivity index (χ0v) is 7.55. The molecule has 0 aliphatic heterocycles. The molecule has 0 saturated carbocycles. The van der Waals surface area contributed by atoms with E-state index in [2.05, 4.69) is 9.72 Å². The first-order valence-corrected chi connectivity index (χ1v) is 3.73. The summed E-state index contributed by atoms with van der Waals surface area (Å²) in [7, 11) is 1.33. The van der Waals surface area contributed by atoms with Gasteiger partial charge in [-0.2, -0.15) is 0 Å². The molecule has 1 heterocycles. The maximum atomic E-state index is 11.1. The molecular formula is C8H8ClNO2. The van der Waals surface area contributed by atoms with E-state index in [9.17, 15) is 4.79 Å². The van der Waals surface area contributed by atoms with Crippen LogP contribution in [0.4, 0.5) is 0 Å². The predicted octanol–water partition coefficient (Wildman–Crippen LogP) is 1.83. The van der Waals surface area contributed by atoms with Crippen molar-refractivity contribution in [3.8, 4) is 0 Å². The van der Waals surface area contributed by atoms with E-state index in [0.29, 0.717) is 10.7 Å². The molecule has 0 aromatic carbocycles. The number of aromatic nitrogens is 1. The highest BCUT2D eigenvalue weighted by Crippen LogP contribution is 2.12. The number of halogens is 1. The third-order valence-electron chi connectivity index (χ3n) is 1.48. The van der Waals surface area contributed by atoms with Gasteiger partial charge in [0, 0.05) is 6.20 Å². The summed E-state index contributed by atoms with van der Waals surface area (Å²) in [5.74, 6) is -0.392. The van der Waals surface area contributed by atoms with Gasteiger partial charge in [-0.25, -0.2) is 9.78 Å². The van der Waals surface area contributed by atoms with Gasteiger partial charge in [-0.15, -0.1) is 0 Å². The molecule has 0 aliphatic carbocycles. The lowest BCUT2D eigenvalue weighted by Crippen LogP contribution is -2.04. The number of aryl methyl sites for hydroxylation is 1. The second kappa shape index (κ2) is 3.54. The van der Waals surface area contributed by atoms with Gasteiger partial charge < -0.3 is 4.74 Å². The van der Waals surface area contributed by atoms with E-state index >= 15 is 0 Å². The molecule has 0 radical (unpaired) electrons. The van der Waals surface area contributed by atoms with Gasteiger partial charge >= 0.3 is 5.97 Å². The number of ether oxygens (including phenoxy) is 1. The van der Waals surface area contributed by atoms with Crippen molar-refractivity contribution in [2.45, 2.75) is 6.92 Å². The Kier molecular flexibility index (Phi) is 2.65. The number of methoxy groups -OCH3 is 1. The first-order valence-electron chi connectivity index (χ1n) is 3.35. The van der Waals surface area contributed by atoms with Crippen LogP contribution in [-0.2, 0) is 4.74 Å². The molecule has 64 valence electrons. The van der Waals surface area contributed by atoms with Crippen LogP contribution in [0.3, 0.4) is 0 Å². The molecule has 0 saturated heterocycles. The molecule has 3 nitrogen and oxygen atoms in total. The molecule has 0 fully saturated rings. The summed E-state index contributed by atoms with van der Waals surface area (Å²) in [6.45, 7) is 1.77. The zero-order valence-electron chi connectivity index (χ0n) is 6.80. The predicted molar refractivity (Wildman–Crippen MR) is 45.3 cm³/mol. The molecule has 0 amide bonds. The van der Waals surface area contributed by atoms with Gasteiger partial charge in [0.2, 0.25) is 0 Å². The van der Waals surface area contributed by atoms with Crippen molar-refractivity contribution in [3.05, 3.63) is 28.5 Å². The van der Waals surface area contributed by atoms with Crippen LogP contribution in [0, 0.1) is 6.92 Å². The number of rotatable bonds is 1. The second-order valence-corrected chi connectivity index (χ2v) is 2.70. The number of hydrogen-bond acceptors (Lipinski definition) is 3. The van der Waals surface area contributed by atoms with Gasteiger partial charge in [-0.1, -0.05) is 11.6 Å². The fourth-order valence-electron chi connectivity index (χ4n) is 0.828. The Hall–Kier alpha value is -1.09. The fraction of sp³-hybridized carbons (Fsp3) is 0.250. The molecule has 0 atom stereocenters. The molecule has 1 aromatic rings. The maximum Gasteiger partial charge on any atom is 0.338 e. The Morgan fingerprint density at radius 2 is 2.33 bits per heavy atom. The number of carbonyl (C=O) groups is 1. The van der Waals surface area contributed by atoms with Gasteiger partial charge in [0.15, 0.2) is 0 Å². The molecule has 0 unspecified atom stereocenters. The SMILES string of the molecule is COC(=O)c1cc(Cl)ncc1C. The quantitative estimate of drug-likeness (QED) is 0.495. The lowest BCUT2D eigenvalue weighted by Gasteiger charge is -2.02. The summed E-state index contributed by atoms with van der Waals surface area (Å²) >= 11 is 5.60. The van der Waals surface area contributed by atoms with Crippen LogP contribution < -0.4 is 0 Å². The summed E-state index contributed by atoms with van der Waals surface area (Å²) in [5, 5.41) is 0.293. The van der Waals surface area contributed by atoms with Gasteiger partial charge in [0.05, 0.1) is 12.7 Å². The monoisotopic (exact) mass is 185 g/mol. The van der Waals surface area contributed by atoms with E-state index in [1.165, 1.54) is 19.4 Å². The molecule has 1 aromatic heterocycles. The summed E-state index contributed by atoms with van der Waals surface area (Å²) in [5.41, 5.74) is 1.21. The van der Waals surface area contributed by atoms with E-state index in [4.69, 9.17) is 11.6 Å². The third-order valence-corrected chi connectivity index (χ3v) is 1.68. The van der Waals surface area contributed by atoms with Crippen LogP contribution in [0.2, 0.25) is 5.15 Å². The first-order chi connectivity index (χ1) is 5.65. The highest BCUT2D eigenvalue weighted by molar-refractivity contribution is 6.29. The molecule has 12 heavy (non-hydrogen) atoms. The van der Waals surface area contributed by atoms with Gasteiger partial charge in [0.1, 0.15) is 5.15 Å². The summed E-state index contributed by atoms with van der Waals surface area (Å²) in [6, 6.07) is 1.49. The number of carbonyl (C=O) groups excluding carboxylic acids is 1. The molecule has 0 spiro atoms. The van der Waals surface area contributed by atoms with E-state index < -0.39 is 5.97 Å². The van der Waals surface area contributed by atoms with Crippen LogP contribution >= 0.6 is 11.6 Å². The third kappa shape index (κ3) is 1.74. The number of esters is 1. The fourth-order valence-corrected chi connectivity index (χ4v) is 0.986. The smallest absolute Gasteiger partial charge is 0.338 e. The highest BCUT2D eigenvalue weighted by atomic mass is 35.5. The molecule has 0 bridgehead atoms. The van der Waals surface area contributed by atoms with Crippen molar-refractivity contribution in [1.29, 1.82) is 0 Å². The molecule has 0 N–H and O–H groups in total. The van der Waals surface area contributed by atoms with Crippen molar-refractivity contribution < 1.29 is 9.53 Å². The first kappa shape index (κ1) is 9.00. The standard InChI is InChI=1S/C8H8ClNO2/c1-5-4-10-7(9)3-6(5)8(11)12-2/h3-4H,1-2H3. The van der Waals surface area contributed by atoms with E-state index in [0.717, 1.165) is 5.56 Å². The Balaban J connectivity index is 3.13. The summed E-state index contributed by atoms with van der Waals surface area (Å²) in [4.78, 5) is 14.9. The van der Waals surface area contributed by atoms with Gasteiger partial charge in [0.25, 0.3) is 0 Å². The number of pyridine rings is 1. The minimum atomic E-state index is -0.392. The van der Waals surface area contributed by atoms with E-state index in [1.807, 2.05) is 0 Å². The second-order valence-electron chi connectivity index (χ2n) is 2.31. The Bertz CT molecular complexity index is 312. The van der Waals surface area contributed by atoms with E-state index in [1.54, 1.807) is 6.92 Å². The van der Waals surface area contributed by atoms with Crippen molar-refractivity contribution in [3.63, 3.8) is 0 Å². The van der Waals surface area contributed by atoms with Crippen molar-refractivity contribution in [2.75, 3.05) is 7.11 Å². The van der Waals surface area contributed by atoms with Crippen LogP contribution in [0.25, 0.3) is 0 Å². The van der Waals surface area contributed by atoms with Crippen LogP contribution in [0.5, 0.6) is 0 Å². The minimum absolute atomic E-state index is 0.293. The van der Waals surface area contributed by atoms with Crippen molar-refractivity contribution in [2.24, 2.45) is 0 Å². The Labute approximate surface area is 75.3 Å². The molecule has 1 rings (SSSR count). The van der Waals surface area contributed by atoms with Crippen LogP contribution in [0.1, 0.15) is 15.9 Å². The Morgan fingerprint density at radius 3 is 2.92 bits per heavy atom. The lowest BCUT2D eigenvalue weighted by atomic mass is 10.2. The summed E-state index contributed by atoms with van der Waals surface area (Å²) < 4.78 is 4.55. The number of hydrogen-bond donors (Lipinski definition) is 0. The maximum absolute atomic E-state index is 11.1. The number of nitrogens with zero attached hydrogens (tertiary/aromatic N) is 1. The van der Waals surface area contributed by atoms with Crippen LogP contribution in [0.15, 0.2) is 12.3 Å². The zero-order chi connectivity index (χ0) is 9.14. The normalized spacial score (nSPS) is 9.58.